The molecule has 0 saturated carbocycles. The highest BCUT2D eigenvalue weighted by molar-refractivity contribution is 5.85. The zero-order chi connectivity index (χ0) is 18.5. The molecule has 1 N–H and O–H groups in total. The molecule has 3 rings (SSSR count). The van der Waals surface area contributed by atoms with E-state index in [4.69, 9.17) is 11.2 Å². The van der Waals surface area contributed by atoms with Gasteiger partial charge in [0.05, 0.1) is 22.2 Å². The van der Waals surface area contributed by atoms with E-state index in [1.807, 2.05) is 35.9 Å². The summed E-state index contributed by atoms with van der Waals surface area (Å²) in [5.41, 5.74) is 4.99. The van der Waals surface area contributed by atoms with Crippen molar-refractivity contribution in [3.05, 3.63) is 58.1 Å². The van der Waals surface area contributed by atoms with Crippen LogP contribution in [0.1, 0.15) is 5.56 Å². The molecule has 0 aliphatic rings. The highest BCUT2D eigenvalue weighted by atomic mass is 16.6. The van der Waals surface area contributed by atoms with E-state index in [1.54, 1.807) is 0 Å². The molecule has 3 aromatic rings. The minimum atomic E-state index is -0.485. The number of nitrogens with zero attached hydrogens (tertiary/aromatic N) is 4. The number of aromatic nitrogens is 2. The number of nitro benzene ring substituents is 1. The van der Waals surface area contributed by atoms with Gasteiger partial charge in [-0.1, -0.05) is 18.1 Å². The predicted molar refractivity (Wildman–Crippen MR) is 99.4 cm³/mol. The first kappa shape index (κ1) is 17.0. The summed E-state index contributed by atoms with van der Waals surface area (Å²) in [6.45, 7) is 0.0524. The Labute approximate surface area is 149 Å². The first-order valence-corrected chi connectivity index (χ1v) is 7.65. The van der Waals surface area contributed by atoms with Crippen LogP contribution in [-0.4, -0.2) is 27.3 Å². The number of nitrogens with one attached hydrogen (secondary N) is 1. The van der Waals surface area contributed by atoms with Gasteiger partial charge in [-0.3, -0.25) is 10.1 Å². The summed E-state index contributed by atoms with van der Waals surface area (Å²) in [6, 6.07) is 11.9. The van der Waals surface area contributed by atoms with Crippen LogP contribution in [0.5, 0.6) is 5.75 Å². The lowest BCUT2D eigenvalue weighted by Gasteiger charge is -2.06. The smallest absolute Gasteiger partial charge is 0.270 e. The Morgan fingerprint density at radius 2 is 2.23 bits per heavy atom. The van der Waals surface area contributed by atoms with E-state index in [0.717, 1.165) is 11.0 Å². The van der Waals surface area contributed by atoms with Gasteiger partial charge in [0.25, 0.3) is 5.69 Å². The van der Waals surface area contributed by atoms with E-state index in [0.29, 0.717) is 17.3 Å². The second-order valence-electron chi connectivity index (χ2n) is 5.33. The maximum atomic E-state index is 11.0. The summed E-state index contributed by atoms with van der Waals surface area (Å²) in [6.07, 6.45) is 6.62. The van der Waals surface area contributed by atoms with Crippen molar-refractivity contribution in [2.45, 2.75) is 0 Å². The van der Waals surface area contributed by atoms with Crippen molar-refractivity contribution in [1.82, 2.24) is 9.55 Å². The van der Waals surface area contributed by atoms with Gasteiger partial charge in [-0.05, 0) is 18.2 Å². The van der Waals surface area contributed by atoms with Crippen LogP contribution >= 0.6 is 0 Å². The van der Waals surface area contributed by atoms with Crippen LogP contribution in [0.4, 0.5) is 11.6 Å². The molecule has 130 valence electrons. The number of para-hydroxylation sites is 2. The summed E-state index contributed by atoms with van der Waals surface area (Å²) < 4.78 is 7.25. The van der Waals surface area contributed by atoms with E-state index in [1.165, 1.54) is 24.4 Å². The largest absolute Gasteiger partial charge is 0.480 e. The molecule has 0 aliphatic carbocycles. The second kappa shape index (κ2) is 7.36. The molecule has 8 heteroatoms. The lowest BCUT2D eigenvalue weighted by molar-refractivity contribution is -0.384. The van der Waals surface area contributed by atoms with Crippen molar-refractivity contribution >= 4 is 28.9 Å². The molecule has 0 amide bonds. The molecule has 2 aromatic carbocycles. The van der Waals surface area contributed by atoms with Gasteiger partial charge in [-0.25, -0.2) is 10.4 Å². The zero-order valence-electron chi connectivity index (χ0n) is 13.9. The van der Waals surface area contributed by atoms with Gasteiger partial charge >= 0.3 is 0 Å². The number of aryl methyl sites for hydroxylation is 1. The van der Waals surface area contributed by atoms with E-state index < -0.39 is 4.92 Å². The lowest BCUT2D eigenvalue weighted by Crippen LogP contribution is -2.01. The molecule has 0 unspecified atom stereocenters. The Kier molecular flexibility index (Phi) is 4.80. The molecule has 0 aliphatic heterocycles. The Balaban J connectivity index is 1.86. The van der Waals surface area contributed by atoms with Crippen molar-refractivity contribution in [1.29, 1.82) is 0 Å². The van der Waals surface area contributed by atoms with E-state index in [-0.39, 0.29) is 12.3 Å². The fraction of sp³-hybridized carbons (Fsp3) is 0.111. The molecule has 1 heterocycles. The minimum absolute atomic E-state index is 0.0524. The van der Waals surface area contributed by atoms with Gasteiger partial charge in [0.2, 0.25) is 5.95 Å². The SMILES string of the molecule is C#CCOc1ccc([N+](=O)[O-])cc1/C=N\Nc1nc2ccccc2n1C. The van der Waals surface area contributed by atoms with Crippen LogP contribution in [0.15, 0.2) is 47.6 Å². The third kappa shape index (κ3) is 3.47. The Bertz CT molecular complexity index is 1030. The monoisotopic (exact) mass is 349 g/mol. The standard InChI is InChI=1S/C18H15N5O3/c1-3-10-26-17-9-8-14(23(24)25)11-13(17)12-19-21-18-20-15-6-4-5-7-16(15)22(18)2/h1,4-9,11-12H,10H2,2H3,(H,20,21)/b19-12-. The Hall–Kier alpha value is -3.86. The van der Waals surface area contributed by atoms with Crippen LogP contribution in [0.2, 0.25) is 0 Å². The number of hydrogen-bond acceptors (Lipinski definition) is 6. The summed E-state index contributed by atoms with van der Waals surface area (Å²) in [5, 5.41) is 15.1. The number of anilines is 1. The van der Waals surface area contributed by atoms with Crippen LogP contribution < -0.4 is 10.2 Å². The number of nitro groups is 1. The van der Waals surface area contributed by atoms with Gasteiger partial charge in [0.1, 0.15) is 12.4 Å². The Morgan fingerprint density at radius 3 is 2.96 bits per heavy atom. The molecule has 0 saturated heterocycles. The third-order valence-corrected chi connectivity index (χ3v) is 3.67. The lowest BCUT2D eigenvalue weighted by atomic mass is 10.2. The minimum Gasteiger partial charge on any atom is -0.480 e. The predicted octanol–water partition coefficient (Wildman–Crippen LogP) is 2.94. The van der Waals surface area contributed by atoms with Crippen LogP contribution in [0, 0.1) is 22.5 Å². The number of hydrazone groups is 1. The summed E-state index contributed by atoms with van der Waals surface area (Å²) in [4.78, 5) is 14.9. The highest BCUT2D eigenvalue weighted by Gasteiger charge is 2.11. The van der Waals surface area contributed by atoms with E-state index in [2.05, 4.69) is 21.4 Å². The number of benzene rings is 2. The van der Waals surface area contributed by atoms with Crippen molar-refractivity contribution in [2.24, 2.45) is 12.1 Å². The van der Waals surface area contributed by atoms with E-state index >= 15 is 0 Å². The number of imidazole rings is 1. The number of fused-ring (bicyclic) bond motifs is 1. The van der Waals surface area contributed by atoms with E-state index in [9.17, 15) is 10.1 Å². The molecular formula is C18H15N5O3. The molecule has 1 aromatic heterocycles. The number of hydrogen-bond donors (Lipinski definition) is 1. The summed E-state index contributed by atoms with van der Waals surface area (Å²) in [5.74, 6) is 3.30. The molecule has 8 nitrogen and oxygen atoms in total. The Morgan fingerprint density at radius 1 is 1.42 bits per heavy atom. The first-order valence-electron chi connectivity index (χ1n) is 7.65. The topological polar surface area (TPSA) is 94.6 Å². The second-order valence-corrected chi connectivity index (χ2v) is 5.33. The fourth-order valence-corrected chi connectivity index (χ4v) is 2.41. The summed E-state index contributed by atoms with van der Waals surface area (Å²) in [7, 11) is 1.86. The number of rotatable bonds is 6. The maximum absolute atomic E-state index is 11.0. The van der Waals surface area contributed by atoms with Crippen LogP contribution in [-0.2, 0) is 7.05 Å². The van der Waals surface area contributed by atoms with Crippen molar-refractivity contribution < 1.29 is 9.66 Å². The number of non-ortho nitro benzene ring substituents is 1. The molecule has 26 heavy (non-hydrogen) atoms. The van der Waals surface area contributed by atoms with Gasteiger partial charge in [-0.15, -0.1) is 6.42 Å². The molecule has 0 spiro atoms. The third-order valence-electron chi connectivity index (χ3n) is 3.67. The number of terminal acetylenes is 1. The number of ether oxygens (including phenoxy) is 1. The van der Waals surface area contributed by atoms with Gasteiger partial charge in [0, 0.05) is 24.7 Å². The average Bonchev–Trinajstić information content (AvgIpc) is 2.96. The average molecular weight is 349 g/mol. The quantitative estimate of drug-likeness (QED) is 0.319. The first-order chi connectivity index (χ1) is 12.6. The van der Waals surface area contributed by atoms with Crippen LogP contribution in [0.25, 0.3) is 11.0 Å². The summed E-state index contributed by atoms with van der Waals surface area (Å²) >= 11 is 0. The van der Waals surface area contributed by atoms with Crippen molar-refractivity contribution in [2.75, 3.05) is 12.0 Å². The van der Waals surface area contributed by atoms with Crippen LogP contribution in [0.3, 0.4) is 0 Å². The highest BCUT2D eigenvalue weighted by Crippen LogP contribution is 2.23. The molecule has 0 bridgehead atoms. The normalized spacial score (nSPS) is 10.8. The molecular weight excluding hydrogens is 334 g/mol. The zero-order valence-corrected chi connectivity index (χ0v) is 13.9. The molecule has 0 fully saturated rings. The van der Waals surface area contributed by atoms with Crippen molar-refractivity contribution in [3.8, 4) is 18.1 Å². The fourth-order valence-electron chi connectivity index (χ4n) is 2.41. The maximum Gasteiger partial charge on any atom is 0.270 e. The van der Waals surface area contributed by atoms with Crippen molar-refractivity contribution in [3.63, 3.8) is 0 Å². The van der Waals surface area contributed by atoms with Gasteiger partial charge in [0.15, 0.2) is 0 Å². The molecule has 0 radical (unpaired) electrons. The molecule has 0 atom stereocenters. The van der Waals surface area contributed by atoms with Gasteiger partial charge < -0.3 is 9.30 Å². The van der Waals surface area contributed by atoms with Gasteiger partial charge in [-0.2, -0.15) is 5.10 Å².